The van der Waals surface area contributed by atoms with Crippen LogP contribution in [0.5, 0.6) is 0 Å². The predicted molar refractivity (Wildman–Crippen MR) is 108 cm³/mol. The molecule has 1 aliphatic rings. The number of benzene rings is 1. The van der Waals surface area contributed by atoms with Gasteiger partial charge in [0.1, 0.15) is 5.82 Å². The molecule has 0 saturated carbocycles. The number of amides is 2. The molecule has 1 saturated heterocycles. The van der Waals surface area contributed by atoms with Crippen LogP contribution in [-0.2, 0) is 11.2 Å². The molecule has 4 rings (SSSR count). The third kappa shape index (κ3) is 4.32. The lowest BCUT2D eigenvalue weighted by molar-refractivity contribution is -0.131. The van der Waals surface area contributed by atoms with Gasteiger partial charge in [-0.2, -0.15) is 0 Å². The van der Waals surface area contributed by atoms with Gasteiger partial charge in [0.15, 0.2) is 5.13 Å². The highest BCUT2D eigenvalue weighted by atomic mass is 32.1. The molecule has 29 heavy (non-hydrogen) atoms. The molecule has 8 heteroatoms. The lowest BCUT2D eigenvalue weighted by Crippen LogP contribution is -2.32. The molecule has 0 bridgehead atoms. The molecule has 0 unspecified atom stereocenters. The van der Waals surface area contributed by atoms with Gasteiger partial charge in [-0.3, -0.25) is 19.9 Å². The average molecular weight is 410 g/mol. The molecule has 1 atom stereocenters. The Morgan fingerprint density at radius 2 is 2.03 bits per heavy atom. The molecule has 1 aromatic carbocycles. The van der Waals surface area contributed by atoms with Crippen molar-refractivity contribution in [1.29, 1.82) is 0 Å². The number of hydrogen-bond donors (Lipinski definition) is 1. The van der Waals surface area contributed by atoms with E-state index >= 15 is 0 Å². The number of carbonyl (C=O) groups is 2. The Labute approximate surface area is 171 Å². The van der Waals surface area contributed by atoms with Gasteiger partial charge in [-0.1, -0.05) is 18.2 Å². The number of rotatable bonds is 5. The second-order valence-electron chi connectivity index (χ2n) is 6.75. The quantitative estimate of drug-likeness (QED) is 0.694. The number of hydrogen-bond acceptors (Lipinski definition) is 5. The first-order valence-corrected chi connectivity index (χ1v) is 10.2. The highest BCUT2D eigenvalue weighted by Gasteiger charge is 2.31. The standard InChI is InChI=1S/C21H19FN4O2S/c22-16-7-2-1-6-15(16)20(28)25-21-24-14(13-29-21)12-19(27)26-11-5-9-18(26)17-8-3-4-10-23-17/h1-4,6-8,10,13,18H,5,9,11-12H2,(H,24,25,28)/t18-/m1/s1. The van der Waals surface area contributed by atoms with Gasteiger partial charge in [-0.25, -0.2) is 9.37 Å². The summed E-state index contributed by atoms with van der Waals surface area (Å²) in [6.45, 7) is 0.696. The van der Waals surface area contributed by atoms with E-state index in [-0.39, 0.29) is 23.9 Å². The van der Waals surface area contributed by atoms with Crippen LogP contribution in [0.4, 0.5) is 9.52 Å². The number of halogens is 1. The summed E-state index contributed by atoms with van der Waals surface area (Å²) < 4.78 is 13.7. The lowest BCUT2D eigenvalue weighted by atomic mass is 10.1. The zero-order valence-electron chi connectivity index (χ0n) is 15.5. The summed E-state index contributed by atoms with van der Waals surface area (Å²) in [6.07, 6.45) is 3.72. The molecule has 2 aromatic heterocycles. The number of aromatic nitrogens is 2. The zero-order chi connectivity index (χ0) is 20.2. The maximum absolute atomic E-state index is 13.7. The van der Waals surface area contributed by atoms with Crippen LogP contribution in [0.25, 0.3) is 0 Å². The van der Waals surface area contributed by atoms with Crippen molar-refractivity contribution in [2.75, 3.05) is 11.9 Å². The molecule has 3 heterocycles. The number of thiazole rings is 1. The molecule has 148 valence electrons. The normalized spacial score (nSPS) is 16.0. The number of likely N-dealkylation sites (tertiary alicyclic amines) is 1. The Morgan fingerprint density at radius 3 is 2.83 bits per heavy atom. The smallest absolute Gasteiger partial charge is 0.260 e. The zero-order valence-corrected chi connectivity index (χ0v) is 16.4. The summed E-state index contributed by atoms with van der Waals surface area (Å²) in [4.78, 5) is 35.6. The van der Waals surface area contributed by atoms with Gasteiger partial charge in [0.25, 0.3) is 5.91 Å². The number of carbonyl (C=O) groups excluding carboxylic acids is 2. The molecule has 0 aliphatic carbocycles. The van der Waals surface area contributed by atoms with Crippen molar-refractivity contribution in [1.82, 2.24) is 14.9 Å². The van der Waals surface area contributed by atoms with Crippen LogP contribution in [0.15, 0.2) is 54.0 Å². The topological polar surface area (TPSA) is 75.2 Å². The van der Waals surface area contributed by atoms with Crippen molar-refractivity contribution in [3.8, 4) is 0 Å². The van der Waals surface area contributed by atoms with Crippen LogP contribution in [-0.4, -0.2) is 33.2 Å². The highest BCUT2D eigenvalue weighted by molar-refractivity contribution is 7.14. The van der Waals surface area contributed by atoms with Crippen LogP contribution in [0.1, 0.15) is 40.6 Å². The SMILES string of the molecule is O=C(Nc1nc(CC(=O)N2CCC[C@@H]2c2ccccn2)cs1)c1ccccc1F. The van der Waals surface area contributed by atoms with Crippen LogP contribution >= 0.6 is 11.3 Å². The second kappa shape index (κ2) is 8.48. The van der Waals surface area contributed by atoms with Gasteiger partial charge in [-0.05, 0) is 37.1 Å². The summed E-state index contributed by atoms with van der Waals surface area (Å²) in [5.41, 5.74) is 1.43. The monoisotopic (exact) mass is 410 g/mol. The Kier molecular flexibility index (Phi) is 5.62. The van der Waals surface area contributed by atoms with Crippen molar-refractivity contribution in [3.63, 3.8) is 0 Å². The van der Waals surface area contributed by atoms with E-state index in [0.717, 1.165) is 18.5 Å². The van der Waals surface area contributed by atoms with Gasteiger partial charge in [0.05, 0.1) is 29.4 Å². The van der Waals surface area contributed by atoms with E-state index in [9.17, 15) is 14.0 Å². The van der Waals surface area contributed by atoms with Crippen molar-refractivity contribution in [2.45, 2.75) is 25.3 Å². The van der Waals surface area contributed by atoms with E-state index < -0.39 is 11.7 Å². The number of nitrogens with one attached hydrogen (secondary N) is 1. The van der Waals surface area contributed by atoms with Gasteiger partial charge >= 0.3 is 0 Å². The van der Waals surface area contributed by atoms with Gasteiger partial charge in [0.2, 0.25) is 5.91 Å². The van der Waals surface area contributed by atoms with E-state index in [1.807, 2.05) is 23.1 Å². The molecule has 1 N–H and O–H groups in total. The summed E-state index contributed by atoms with van der Waals surface area (Å²) in [6, 6.07) is 11.5. The molecule has 1 fully saturated rings. The summed E-state index contributed by atoms with van der Waals surface area (Å²) >= 11 is 1.21. The Bertz CT molecular complexity index is 1020. The fourth-order valence-electron chi connectivity index (χ4n) is 3.46. The molecule has 3 aromatic rings. The molecular weight excluding hydrogens is 391 g/mol. The Hall–Kier alpha value is -3.13. The first-order chi connectivity index (χ1) is 14.1. The fraction of sp³-hybridized carbons (Fsp3) is 0.238. The fourth-order valence-corrected chi connectivity index (χ4v) is 4.16. The molecule has 0 radical (unpaired) electrons. The Balaban J connectivity index is 1.40. The third-order valence-electron chi connectivity index (χ3n) is 4.83. The second-order valence-corrected chi connectivity index (χ2v) is 7.61. The number of pyridine rings is 1. The summed E-state index contributed by atoms with van der Waals surface area (Å²) in [5, 5.41) is 4.66. The largest absolute Gasteiger partial charge is 0.334 e. The minimum Gasteiger partial charge on any atom is -0.334 e. The van der Waals surface area contributed by atoms with Crippen LogP contribution in [0, 0.1) is 5.82 Å². The molecular formula is C21H19FN4O2S. The Morgan fingerprint density at radius 1 is 1.21 bits per heavy atom. The predicted octanol–water partition coefficient (Wildman–Crippen LogP) is 3.84. The van der Waals surface area contributed by atoms with E-state index in [1.165, 1.54) is 29.5 Å². The number of anilines is 1. The first kappa shape index (κ1) is 19.2. The maximum Gasteiger partial charge on any atom is 0.260 e. The van der Waals surface area contributed by atoms with E-state index in [4.69, 9.17) is 0 Å². The van der Waals surface area contributed by atoms with Crippen LogP contribution in [0.3, 0.4) is 0 Å². The summed E-state index contributed by atoms with van der Waals surface area (Å²) in [5.74, 6) is -1.17. The van der Waals surface area contributed by atoms with Crippen molar-refractivity contribution in [2.24, 2.45) is 0 Å². The van der Waals surface area contributed by atoms with Crippen molar-refractivity contribution in [3.05, 3.63) is 76.8 Å². The average Bonchev–Trinajstić information content (AvgIpc) is 3.38. The van der Waals surface area contributed by atoms with Crippen molar-refractivity contribution < 1.29 is 14.0 Å². The molecule has 2 amide bonds. The molecule has 6 nitrogen and oxygen atoms in total. The van der Waals surface area contributed by atoms with Crippen molar-refractivity contribution >= 4 is 28.3 Å². The van der Waals surface area contributed by atoms with Gasteiger partial charge in [0, 0.05) is 18.1 Å². The highest BCUT2D eigenvalue weighted by Crippen LogP contribution is 2.31. The maximum atomic E-state index is 13.7. The third-order valence-corrected chi connectivity index (χ3v) is 5.63. The first-order valence-electron chi connectivity index (χ1n) is 9.32. The molecule has 1 aliphatic heterocycles. The minimum atomic E-state index is -0.591. The van der Waals surface area contributed by atoms with Gasteiger partial charge < -0.3 is 4.90 Å². The van der Waals surface area contributed by atoms with Gasteiger partial charge in [-0.15, -0.1) is 11.3 Å². The van der Waals surface area contributed by atoms with E-state index in [0.29, 0.717) is 17.4 Å². The molecule has 0 spiro atoms. The van der Waals surface area contributed by atoms with E-state index in [2.05, 4.69) is 15.3 Å². The number of nitrogens with zero attached hydrogens (tertiary/aromatic N) is 3. The lowest BCUT2D eigenvalue weighted by Gasteiger charge is -2.24. The van der Waals surface area contributed by atoms with Crippen LogP contribution < -0.4 is 5.32 Å². The summed E-state index contributed by atoms with van der Waals surface area (Å²) in [7, 11) is 0. The van der Waals surface area contributed by atoms with E-state index in [1.54, 1.807) is 17.6 Å². The van der Waals surface area contributed by atoms with Crippen LogP contribution in [0.2, 0.25) is 0 Å². The minimum absolute atomic E-state index is 0.0115.